The van der Waals surface area contributed by atoms with Gasteiger partial charge in [0.15, 0.2) is 0 Å². The summed E-state index contributed by atoms with van der Waals surface area (Å²) in [6, 6.07) is 5.14. The molecule has 0 aliphatic heterocycles. The highest BCUT2D eigenvalue weighted by Gasteiger charge is 2.49. The molecule has 4 atom stereocenters. The van der Waals surface area contributed by atoms with Crippen LogP contribution in [-0.4, -0.2) is 0 Å². The van der Waals surface area contributed by atoms with Crippen molar-refractivity contribution in [1.82, 2.24) is 0 Å². The van der Waals surface area contributed by atoms with Crippen LogP contribution in [0.4, 0.5) is 0 Å². The minimum absolute atomic E-state index is 0.134. The highest BCUT2D eigenvalue weighted by molar-refractivity contribution is 5.34. The largest absolute Gasteiger partial charge is 0.197 e. The van der Waals surface area contributed by atoms with Gasteiger partial charge in [-0.25, -0.2) is 0 Å². The van der Waals surface area contributed by atoms with Crippen LogP contribution in [0.5, 0.6) is 0 Å². The second kappa shape index (κ2) is 6.59. The molecule has 2 aliphatic rings. The van der Waals surface area contributed by atoms with Crippen LogP contribution in [0.25, 0.3) is 0 Å². The molecular formula is C21H26N2. The van der Waals surface area contributed by atoms with E-state index in [0.29, 0.717) is 18.3 Å². The molecular weight excluding hydrogens is 280 g/mol. The molecule has 2 heteroatoms. The first kappa shape index (κ1) is 17.3. The molecule has 2 nitrogen and oxygen atoms in total. The summed E-state index contributed by atoms with van der Waals surface area (Å²) in [5, 5.41) is 20.1. The number of hydrogen-bond donors (Lipinski definition) is 0. The molecule has 0 aromatic heterocycles. The van der Waals surface area contributed by atoms with Crippen molar-refractivity contribution in [2.24, 2.45) is 34.5 Å². The fourth-order valence-corrected chi connectivity index (χ4v) is 4.16. The second-order valence-corrected chi connectivity index (χ2v) is 7.51. The highest BCUT2D eigenvalue weighted by atomic mass is 14.5. The van der Waals surface area contributed by atoms with E-state index >= 15 is 0 Å². The van der Waals surface area contributed by atoms with Gasteiger partial charge in [0.1, 0.15) is 0 Å². The first-order valence-corrected chi connectivity index (χ1v) is 8.45. The molecule has 0 spiro atoms. The van der Waals surface area contributed by atoms with E-state index < -0.39 is 10.8 Å². The summed E-state index contributed by atoms with van der Waals surface area (Å²) in [5.41, 5.74) is -1.25. The van der Waals surface area contributed by atoms with E-state index in [9.17, 15) is 10.5 Å². The van der Waals surface area contributed by atoms with Crippen LogP contribution in [0.15, 0.2) is 48.6 Å². The fraction of sp³-hybridized carbons (Fsp3) is 0.524. The Morgan fingerprint density at radius 2 is 1.17 bits per heavy atom. The third-order valence-corrected chi connectivity index (χ3v) is 5.27. The van der Waals surface area contributed by atoms with Crippen molar-refractivity contribution in [3.05, 3.63) is 48.6 Å². The van der Waals surface area contributed by atoms with Crippen LogP contribution in [0.3, 0.4) is 0 Å². The van der Waals surface area contributed by atoms with Gasteiger partial charge in [0.2, 0.25) is 0 Å². The first-order chi connectivity index (χ1) is 10.9. The minimum Gasteiger partial charge on any atom is -0.197 e. The van der Waals surface area contributed by atoms with E-state index in [1.54, 1.807) is 0 Å². The lowest BCUT2D eigenvalue weighted by atomic mass is 9.56. The van der Waals surface area contributed by atoms with Gasteiger partial charge in [-0.2, -0.15) is 10.5 Å². The predicted octanol–water partition coefficient (Wildman–Crippen LogP) is 5.19. The lowest BCUT2D eigenvalue weighted by molar-refractivity contribution is 0.168. The molecule has 0 radical (unpaired) electrons. The van der Waals surface area contributed by atoms with Crippen molar-refractivity contribution in [3.8, 4) is 12.1 Å². The van der Waals surface area contributed by atoms with E-state index in [4.69, 9.17) is 0 Å². The van der Waals surface area contributed by atoms with Crippen molar-refractivity contribution in [3.63, 3.8) is 0 Å². The van der Waals surface area contributed by atoms with Gasteiger partial charge >= 0.3 is 0 Å². The molecule has 4 unspecified atom stereocenters. The Balaban J connectivity index is 2.47. The summed E-state index contributed by atoms with van der Waals surface area (Å²) in [6.07, 6.45) is 16.8. The normalized spacial score (nSPS) is 35.5. The molecule has 2 aliphatic carbocycles. The SMILES string of the molecule is CC(C)C1C=CC=CC1(C#N)CC1(C#N)C=CC=CC1C(C)C. The van der Waals surface area contributed by atoms with Gasteiger partial charge in [0.05, 0.1) is 23.0 Å². The first-order valence-electron chi connectivity index (χ1n) is 8.45. The lowest BCUT2D eigenvalue weighted by Crippen LogP contribution is -2.41. The molecule has 0 amide bonds. The Morgan fingerprint density at radius 3 is 1.48 bits per heavy atom. The molecule has 0 N–H and O–H groups in total. The second-order valence-electron chi connectivity index (χ2n) is 7.51. The minimum atomic E-state index is -0.624. The van der Waals surface area contributed by atoms with Crippen LogP contribution in [0, 0.1) is 57.2 Å². The molecule has 0 saturated heterocycles. The van der Waals surface area contributed by atoms with E-state index in [-0.39, 0.29) is 11.8 Å². The molecule has 2 rings (SSSR count). The predicted molar refractivity (Wildman–Crippen MR) is 93.9 cm³/mol. The van der Waals surface area contributed by atoms with Gasteiger partial charge < -0.3 is 0 Å². The van der Waals surface area contributed by atoms with Gasteiger partial charge in [0, 0.05) is 11.8 Å². The topological polar surface area (TPSA) is 47.6 Å². The number of nitrogens with zero attached hydrogens (tertiary/aromatic N) is 2. The average molecular weight is 306 g/mol. The van der Waals surface area contributed by atoms with Crippen molar-refractivity contribution in [2.75, 3.05) is 0 Å². The molecule has 0 heterocycles. The van der Waals surface area contributed by atoms with Crippen LogP contribution >= 0.6 is 0 Å². The molecule has 0 bridgehead atoms. The number of hydrogen-bond acceptors (Lipinski definition) is 2. The Morgan fingerprint density at radius 1 is 0.783 bits per heavy atom. The summed E-state index contributed by atoms with van der Waals surface area (Å²) in [4.78, 5) is 0. The molecule has 23 heavy (non-hydrogen) atoms. The number of rotatable bonds is 4. The quantitative estimate of drug-likeness (QED) is 0.717. The molecule has 0 fully saturated rings. The van der Waals surface area contributed by atoms with Crippen LogP contribution < -0.4 is 0 Å². The smallest absolute Gasteiger partial charge is 0.0839 e. The van der Waals surface area contributed by atoms with Crippen molar-refractivity contribution in [1.29, 1.82) is 10.5 Å². The fourth-order valence-electron chi connectivity index (χ4n) is 4.16. The summed E-state index contributed by atoms with van der Waals surface area (Å²) >= 11 is 0. The summed E-state index contributed by atoms with van der Waals surface area (Å²) in [6.45, 7) is 8.59. The van der Waals surface area contributed by atoms with Crippen LogP contribution in [-0.2, 0) is 0 Å². The molecule has 120 valence electrons. The van der Waals surface area contributed by atoms with E-state index in [0.717, 1.165) is 0 Å². The van der Waals surface area contributed by atoms with Gasteiger partial charge in [-0.3, -0.25) is 0 Å². The zero-order valence-electron chi connectivity index (χ0n) is 14.5. The Hall–Kier alpha value is -2.06. The third kappa shape index (κ3) is 3.04. The number of nitriles is 2. The molecule has 0 saturated carbocycles. The Kier molecular flexibility index (Phi) is 4.96. The highest BCUT2D eigenvalue weighted by Crippen LogP contribution is 2.51. The summed E-state index contributed by atoms with van der Waals surface area (Å²) in [7, 11) is 0. The Labute approximate surface area is 140 Å². The van der Waals surface area contributed by atoms with Gasteiger partial charge in [0.25, 0.3) is 0 Å². The Bertz CT molecular complexity index is 580. The number of allylic oxidation sites excluding steroid dienone is 8. The van der Waals surface area contributed by atoms with E-state index in [2.05, 4.69) is 52.0 Å². The van der Waals surface area contributed by atoms with Crippen LogP contribution in [0.2, 0.25) is 0 Å². The van der Waals surface area contributed by atoms with Crippen molar-refractivity contribution >= 4 is 0 Å². The lowest BCUT2D eigenvalue weighted by Gasteiger charge is -2.43. The van der Waals surface area contributed by atoms with Crippen molar-refractivity contribution < 1.29 is 0 Å². The maximum absolute atomic E-state index is 10.0. The zero-order valence-corrected chi connectivity index (χ0v) is 14.5. The van der Waals surface area contributed by atoms with Crippen molar-refractivity contribution in [2.45, 2.75) is 34.1 Å². The summed E-state index contributed by atoms with van der Waals surface area (Å²) in [5.74, 6) is 0.976. The van der Waals surface area contributed by atoms with E-state index in [1.807, 2.05) is 36.5 Å². The van der Waals surface area contributed by atoms with Gasteiger partial charge in [-0.05, 0) is 18.3 Å². The van der Waals surface area contributed by atoms with Crippen LogP contribution in [0.1, 0.15) is 34.1 Å². The summed E-state index contributed by atoms with van der Waals surface area (Å²) < 4.78 is 0. The zero-order chi connectivity index (χ0) is 17.1. The molecule has 0 aromatic rings. The molecule has 0 aromatic carbocycles. The third-order valence-electron chi connectivity index (χ3n) is 5.27. The van der Waals surface area contributed by atoms with Gasteiger partial charge in [-0.1, -0.05) is 76.3 Å². The van der Waals surface area contributed by atoms with E-state index in [1.165, 1.54) is 0 Å². The monoisotopic (exact) mass is 306 g/mol. The average Bonchev–Trinajstić information content (AvgIpc) is 2.55. The standard InChI is InChI=1S/C21H26N2/c1-16(2)18-9-5-7-11-20(18,14-22)13-21(15-23)12-8-6-10-19(21)17(3)4/h5-12,16-19H,13H2,1-4H3. The van der Waals surface area contributed by atoms with Gasteiger partial charge in [-0.15, -0.1) is 0 Å². The maximum atomic E-state index is 10.0. The maximum Gasteiger partial charge on any atom is 0.0839 e.